The van der Waals surface area contributed by atoms with Gasteiger partial charge in [0.25, 0.3) is 0 Å². The van der Waals surface area contributed by atoms with Gasteiger partial charge in [-0.05, 0) is 12.8 Å². The van der Waals surface area contributed by atoms with E-state index in [4.69, 9.17) is 8.85 Å². The maximum Gasteiger partial charge on any atom is 0.324 e. The van der Waals surface area contributed by atoms with E-state index in [9.17, 15) is 0 Å². The molecule has 0 unspecified atom stereocenters. The molecule has 0 spiro atoms. The van der Waals surface area contributed by atoms with E-state index in [-0.39, 0.29) is 0 Å². The lowest BCUT2D eigenvalue weighted by Gasteiger charge is -2.06. The third kappa shape index (κ3) is 10.2. The molecular weight excluding hydrogens is 204 g/mol. The van der Waals surface area contributed by atoms with Gasteiger partial charge in [0, 0.05) is 20.3 Å². The molecule has 0 amide bonds. The van der Waals surface area contributed by atoms with Crippen LogP contribution < -0.4 is 0 Å². The van der Waals surface area contributed by atoms with Gasteiger partial charge in [-0.25, -0.2) is 0 Å². The molecule has 0 heterocycles. The quantitative estimate of drug-likeness (QED) is 0.325. The van der Waals surface area contributed by atoms with Crippen molar-refractivity contribution in [2.75, 3.05) is 14.2 Å². The van der Waals surface area contributed by atoms with Crippen LogP contribution >= 0.6 is 0 Å². The molecule has 0 saturated heterocycles. The van der Waals surface area contributed by atoms with Gasteiger partial charge in [-0.1, -0.05) is 44.8 Å². The highest BCUT2D eigenvalue weighted by Gasteiger charge is 2.04. The second kappa shape index (κ2) is 11.9. The number of allylic oxidation sites excluding steroid dienone is 2. The molecular formula is C12H26O2Si. The highest BCUT2D eigenvalue weighted by atomic mass is 28.3. The first-order chi connectivity index (χ1) is 7.35. The van der Waals surface area contributed by atoms with Crippen LogP contribution in [-0.4, -0.2) is 23.5 Å². The zero-order valence-corrected chi connectivity index (χ0v) is 11.7. The third-order valence-electron chi connectivity index (χ3n) is 2.50. The van der Waals surface area contributed by atoms with Gasteiger partial charge in [0.2, 0.25) is 0 Å². The highest BCUT2D eigenvalue weighted by molar-refractivity contribution is 6.44. The molecule has 0 aromatic heterocycles. The Morgan fingerprint density at radius 1 is 0.933 bits per heavy atom. The summed E-state index contributed by atoms with van der Waals surface area (Å²) in [6, 6.07) is 0.988. The molecule has 0 radical (unpaired) electrons. The molecule has 0 fully saturated rings. The summed E-state index contributed by atoms with van der Waals surface area (Å²) in [7, 11) is 2.12. The van der Waals surface area contributed by atoms with Crippen molar-refractivity contribution < 1.29 is 8.85 Å². The molecule has 0 bridgehead atoms. The van der Waals surface area contributed by atoms with Crippen molar-refractivity contribution in [1.29, 1.82) is 0 Å². The monoisotopic (exact) mass is 230 g/mol. The predicted molar refractivity (Wildman–Crippen MR) is 68.5 cm³/mol. The topological polar surface area (TPSA) is 18.5 Å². The lowest BCUT2D eigenvalue weighted by molar-refractivity contribution is 0.281. The van der Waals surface area contributed by atoms with Gasteiger partial charge in [-0.3, -0.25) is 0 Å². The van der Waals surface area contributed by atoms with Crippen molar-refractivity contribution in [3.63, 3.8) is 0 Å². The minimum atomic E-state index is -1.35. The molecule has 15 heavy (non-hydrogen) atoms. The average molecular weight is 230 g/mol. The molecule has 2 nitrogen and oxygen atoms in total. The SMILES string of the molecule is CCCCCCCC=CC[SiH](OC)OC. The van der Waals surface area contributed by atoms with Crippen LogP contribution in [0.2, 0.25) is 6.04 Å². The third-order valence-corrected chi connectivity index (χ3v) is 4.20. The van der Waals surface area contributed by atoms with Crippen molar-refractivity contribution in [2.24, 2.45) is 0 Å². The fourth-order valence-electron chi connectivity index (χ4n) is 1.48. The molecule has 0 aliphatic carbocycles. The maximum atomic E-state index is 5.22. The fraction of sp³-hybridized carbons (Fsp3) is 0.833. The summed E-state index contributed by atoms with van der Waals surface area (Å²) in [4.78, 5) is 0. The van der Waals surface area contributed by atoms with E-state index in [0.29, 0.717) is 0 Å². The van der Waals surface area contributed by atoms with Gasteiger partial charge in [-0.2, -0.15) is 0 Å². The van der Waals surface area contributed by atoms with Crippen molar-refractivity contribution in [1.82, 2.24) is 0 Å². The molecule has 0 aliphatic rings. The molecule has 0 rings (SSSR count). The van der Waals surface area contributed by atoms with E-state index in [1.165, 1.54) is 38.5 Å². The standard InChI is InChI=1S/C12H26O2Si/c1-4-5-6-7-8-9-10-11-12-15(13-2)14-3/h10-11,15H,4-9,12H2,1-3H3. The molecule has 0 saturated carbocycles. The van der Waals surface area contributed by atoms with Crippen LogP contribution in [0.3, 0.4) is 0 Å². The van der Waals surface area contributed by atoms with Crippen LogP contribution in [0.15, 0.2) is 12.2 Å². The van der Waals surface area contributed by atoms with Crippen molar-refractivity contribution in [2.45, 2.75) is 51.5 Å². The van der Waals surface area contributed by atoms with E-state index >= 15 is 0 Å². The second-order valence-electron chi connectivity index (χ2n) is 3.81. The number of hydrogen-bond donors (Lipinski definition) is 0. The summed E-state index contributed by atoms with van der Waals surface area (Å²) in [6.45, 7) is 2.25. The Balaban J connectivity index is 3.23. The Kier molecular flexibility index (Phi) is 11.9. The number of unbranched alkanes of at least 4 members (excludes halogenated alkanes) is 5. The summed E-state index contributed by atoms with van der Waals surface area (Å²) in [5, 5.41) is 0. The molecule has 0 aromatic carbocycles. The second-order valence-corrected chi connectivity index (χ2v) is 6.08. The molecule has 3 heteroatoms. The van der Waals surface area contributed by atoms with E-state index in [1.54, 1.807) is 14.2 Å². The maximum absolute atomic E-state index is 5.22. The lowest BCUT2D eigenvalue weighted by Crippen LogP contribution is -2.17. The van der Waals surface area contributed by atoms with E-state index in [2.05, 4.69) is 19.1 Å². The Labute approximate surface area is 96.5 Å². The summed E-state index contributed by atoms with van der Waals surface area (Å²) >= 11 is 0. The van der Waals surface area contributed by atoms with Gasteiger partial charge in [0.1, 0.15) is 0 Å². The molecule has 0 atom stereocenters. The Morgan fingerprint density at radius 2 is 1.60 bits per heavy atom. The van der Waals surface area contributed by atoms with Crippen LogP contribution in [-0.2, 0) is 8.85 Å². The van der Waals surface area contributed by atoms with E-state index in [0.717, 1.165) is 6.04 Å². The first-order valence-corrected chi connectivity index (χ1v) is 7.81. The smallest absolute Gasteiger partial charge is 0.324 e. The summed E-state index contributed by atoms with van der Waals surface area (Å²) in [5.41, 5.74) is 0. The summed E-state index contributed by atoms with van der Waals surface area (Å²) in [5.74, 6) is 0. The van der Waals surface area contributed by atoms with Gasteiger partial charge < -0.3 is 8.85 Å². The number of rotatable bonds is 10. The van der Waals surface area contributed by atoms with Crippen LogP contribution in [0.1, 0.15) is 45.4 Å². The largest absolute Gasteiger partial charge is 0.400 e. The van der Waals surface area contributed by atoms with Crippen molar-refractivity contribution >= 4 is 9.28 Å². The van der Waals surface area contributed by atoms with Gasteiger partial charge in [0.15, 0.2) is 0 Å². The fourth-order valence-corrected chi connectivity index (χ4v) is 2.47. The van der Waals surface area contributed by atoms with Crippen LogP contribution in [0.5, 0.6) is 0 Å². The lowest BCUT2D eigenvalue weighted by atomic mass is 10.1. The number of hydrogen-bond acceptors (Lipinski definition) is 2. The van der Waals surface area contributed by atoms with Crippen LogP contribution in [0, 0.1) is 0 Å². The van der Waals surface area contributed by atoms with Gasteiger partial charge in [0.05, 0.1) is 0 Å². The van der Waals surface area contributed by atoms with Crippen molar-refractivity contribution in [3.8, 4) is 0 Å². The Morgan fingerprint density at radius 3 is 2.20 bits per heavy atom. The van der Waals surface area contributed by atoms with Gasteiger partial charge in [-0.15, -0.1) is 0 Å². The Hall–Kier alpha value is -0.123. The first-order valence-electron chi connectivity index (χ1n) is 6.05. The zero-order valence-electron chi connectivity index (χ0n) is 10.5. The van der Waals surface area contributed by atoms with Crippen molar-refractivity contribution in [3.05, 3.63) is 12.2 Å². The summed E-state index contributed by atoms with van der Waals surface area (Å²) in [6.07, 6.45) is 12.5. The van der Waals surface area contributed by atoms with E-state index in [1.807, 2.05) is 0 Å². The van der Waals surface area contributed by atoms with Gasteiger partial charge >= 0.3 is 9.28 Å². The Bertz CT molecular complexity index is 145. The average Bonchev–Trinajstić information content (AvgIpc) is 2.27. The molecule has 0 aromatic rings. The molecule has 90 valence electrons. The molecule has 0 N–H and O–H groups in total. The minimum absolute atomic E-state index is 0.988. The van der Waals surface area contributed by atoms with E-state index < -0.39 is 9.28 Å². The van der Waals surface area contributed by atoms with Crippen LogP contribution in [0.4, 0.5) is 0 Å². The predicted octanol–water partition coefficient (Wildman–Crippen LogP) is 3.42. The minimum Gasteiger partial charge on any atom is -0.400 e. The highest BCUT2D eigenvalue weighted by Crippen LogP contribution is 2.06. The van der Waals surface area contributed by atoms with Crippen LogP contribution in [0.25, 0.3) is 0 Å². The first kappa shape index (κ1) is 14.9. The summed E-state index contributed by atoms with van der Waals surface area (Å²) < 4.78 is 10.4. The zero-order chi connectivity index (χ0) is 11.4. The molecule has 0 aliphatic heterocycles. The normalized spacial score (nSPS) is 11.7.